The molecule has 3 aromatic carbocycles. The van der Waals surface area contributed by atoms with Crippen molar-refractivity contribution in [3.63, 3.8) is 0 Å². The van der Waals surface area contributed by atoms with E-state index >= 15 is 4.39 Å². The first-order chi connectivity index (χ1) is 20.9. The predicted molar refractivity (Wildman–Crippen MR) is 153 cm³/mol. The average molecular weight is 582 g/mol. The number of imide groups is 1. The molecule has 0 spiro atoms. The minimum absolute atomic E-state index is 0.0784. The minimum Gasteiger partial charge on any atom is -0.446 e. The molecule has 2 N–H and O–H groups in total. The van der Waals surface area contributed by atoms with Crippen molar-refractivity contribution in [2.45, 2.75) is 57.0 Å². The predicted octanol–water partition coefficient (Wildman–Crippen LogP) is 4.23. The van der Waals surface area contributed by atoms with E-state index in [0.717, 1.165) is 22.0 Å². The lowest BCUT2D eigenvalue weighted by molar-refractivity contribution is -0.136. The number of alkyl carbamates (subject to hydrolysis) is 1. The van der Waals surface area contributed by atoms with Gasteiger partial charge in [0.05, 0.1) is 23.3 Å². The molecule has 1 saturated heterocycles. The van der Waals surface area contributed by atoms with Crippen LogP contribution in [0.1, 0.15) is 53.2 Å². The van der Waals surface area contributed by atoms with E-state index in [-0.39, 0.29) is 55.1 Å². The molecule has 4 aromatic rings. The first-order valence-electron chi connectivity index (χ1n) is 14.3. The lowest BCUT2D eigenvalue weighted by Gasteiger charge is -2.35. The topological polar surface area (TPSA) is 123 Å². The molecular formula is C32H28FN5O5. The fourth-order valence-corrected chi connectivity index (χ4v) is 6.12. The van der Waals surface area contributed by atoms with E-state index in [0.29, 0.717) is 18.4 Å². The molecule has 1 atom stereocenters. The van der Waals surface area contributed by atoms with Crippen LogP contribution in [0.25, 0.3) is 22.0 Å². The van der Waals surface area contributed by atoms with Crippen LogP contribution < -0.4 is 10.6 Å². The van der Waals surface area contributed by atoms with Crippen molar-refractivity contribution in [1.82, 2.24) is 25.3 Å². The van der Waals surface area contributed by atoms with Crippen LogP contribution in [0.4, 0.5) is 9.18 Å². The fourth-order valence-electron chi connectivity index (χ4n) is 6.12. The maximum atomic E-state index is 15.4. The number of carbonyl (C=O) groups is 4. The number of fused-ring (bicyclic) bond motifs is 2. The molecule has 0 radical (unpaired) electrons. The summed E-state index contributed by atoms with van der Waals surface area (Å²) < 4.78 is 22.9. The van der Waals surface area contributed by atoms with Gasteiger partial charge in [0.25, 0.3) is 5.91 Å². The second-order valence-electron chi connectivity index (χ2n) is 11.2. The Kier molecular flexibility index (Phi) is 6.64. The molecule has 10 nitrogen and oxygen atoms in total. The zero-order chi connectivity index (χ0) is 29.7. The van der Waals surface area contributed by atoms with Crippen molar-refractivity contribution < 1.29 is 28.3 Å². The molecule has 3 aliphatic rings. The van der Waals surface area contributed by atoms with E-state index in [2.05, 4.69) is 46.1 Å². The fraction of sp³-hybridized carbons (Fsp3) is 0.281. The Morgan fingerprint density at radius 3 is 2.65 bits per heavy atom. The molecule has 11 heteroatoms. The Labute approximate surface area is 245 Å². The highest BCUT2D eigenvalue weighted by Crippen LogP contribution is 2.37. The molecule has 7 rings (SSSR count). The molecule has 1 aromatic heterocycles. The maximum Gasteiger partial charge on any atom is 0.407 e. The molecule has 4 amide bonds. The molecule has 218 valence electrons. The van der Waals surface area contributed by atoms with Crippen molar-refractivity contribution in [3.8, 4) is 11.1 Å². The number of nitrogens with zero attached hydrogens (tertiary/aromatic N) is 3. The van der Waals surface area contributed by atoms with Gasteiger partial charge in [-0.15, -0.1) is 0 Å². The molecule has 1 aliphatic carbocycles. The highest BCUT2D eigenvalue weighted by Gasteiger charge is 2.41. The summed E-state index contributed by atoms with van der Waals surface area (Å²) in [4.78, 5) is 50.6. The summed E-state index contributed by atoms with van der Waals surface area (Å²) in [6.07, 6.45) is 2.40. The third-order valence-corrected chi connectivity index (χ3v) is 8.53. The summed E-state index contributed by atoms with van der Waals surface area (Å²) in [6, 6.07) is 18.8. The highest BCUT2D eigenvalue weighted by atomic mass is 19.1. The van der Waals surface area contributed by atoms with Gasteiger partial charge in [-0.05, 0) is 29.2 Å². The number of carbonyl (C=O) groups excluding carboxylic acids is 4. The number of halogens is 1. The summed E-state index contributed by atoms with van der Waals surface area (Å²) in [5.74, 6) is -2.28. The molecule has 1 unspecified atom stereocenters. The van der Waals surface area contributed by atoms with Crippen LogP contribution in [-0.4, -0.2) is 50.6 Å². The summed E-state index contributed by atoms with van der Waals surface area (Å²) in [7, 11) is 0. The van der Waals surface area contributed by atoms with Gasteiger partial charge >= 0.3 is 6.09 Å². The Bertz CT molecular complexity index is 1780. The zero-order valence-electron chi connectivity index (χ0n) is 23.1. The molecule has 43 heavy (non-hydrogen) atoms. The van der Waals surface area contributed by atoms with Gasteiger partial charge in [0.1, 0.15) is 18.0 Å². The Morgan fingerprint density at radius 2 is 1.86 bits per heavy atom. The van der Waals surface area contributed by atoms with Gasteiger partial charge in [-0.25, -0.2) is 9.18 Å². The van der Waals surface area contributed by atoms with Gasteiger partial charge in [-0.1, -0.05) is 54.6 Å². The van der Waals surface area contributed by atoms with Crippen molar-refractivity contribution in [3.05, 3.63) is 89.4 Å². The summed E-state index contributed by atoms with van der Waals surface area (Å²) in [5.41, 5.74) is 3.73. The van der Waals surface area contributed by atoms with E-state index < -0.39 is 29.8 Å². The number of aromatic nitrogens is 2. The zero-order valence-corrected chi connectivity index (χ0v) is 23.1. The number of amides is 4. The van der Waals surface area contributed by atoms with E-state index in [1.807, 2.05) is 29.1 Å². The Hall–Kier alpha value is -5.06. The van der Waals surface area contributed by atoms with Gasteiger partial charge < -0.3 is 15.0 Å². The smallest absolute Gasteiger partial charge is 0.407 e. The molecular weight excluding hydrogens is 553 g/mol. The van der Waals surface area contributed by atoms with Crippen molar-refractivity contribution in [2.75, 3.05) is 0 Å². The second kappa shape index (κ2) is 10.6. The lowest BCUT2D eigenvalue weighted by Crippen LogP contribution is -2.52. The quantitative estimate of drug-likeness (QED) is 0.329. The number of benzene rings is 3. The van der Waals surface area contributed by atoms with Crippen molar-refractivity contribution in [1.29, 1.82) is 0 Å². The van der Waals surface area contributed by atoms with Crippen LogP contribution in [-0.2, 0) is 27.4 Å². The maximum absolute atomic E-state index is 15.4. The highest BCUT2D eigenvalue weighted by molar-refractivity contribution is 6.05. The van der Waals surface area contributed by atoms with Crippen molar-refractivity contribution >= 4 is 34.7 Å². The van der Waals surface area contributed by atoms with Crippen LogP contribution in [0.15, 0.2) is 66.9 Å². The number of piperidine rings is 1. The monoisotopic (exact) mass is 581 g/mol. The van der Waals surface area contributed by atoms with E-state index in [1.165, 1.54) is 11.0 Å². The van der Waals surface area contributed by atoms with E-state index in [9.17, 15) is 19.2 Å². The van der Waals surface area contributed by atoms with Gasteiger partial charge in [0.2, 0.25) is 11.8 Å². The van der Waals surface area contributed by atoms with Crippen LogP contribution in [0.5, 0.6) is 0 Å². The van der Waals surface area contributed by atoms with Crippen molar-refractivity contribution in [2.24, 2.45) is 0 Å². The molecule has 0 bridgehead atoms. The molecule has 3 heterocycles. The third kappa shape index (κ3) is 4.90. The Morgan fingerprint density at radius 1 is 1.05 bits per heavy atom. The van der Waals surface area contributed by atoms with Crippen LogP contribution in [0, 0.1) is 5.82 Å². The average Bonchev–Trinajstić information content (AvgIpc) is 3.55. The van der Waals surface area contributed by atoms with E-state index in [4.69, 9.17) is 4.74 Å². The summed E-state index contributed by atoms with van der Waals surface area (Å²) >= 11 is 0. The van der Waals surface area contributed by atoms with Gasteiger partial charge in [0, 0.05) is 43.3 Å². The Balaban J connectivity index is 0.948. The standard InChI is InChI=1S/C32H28FN5O5/c33-29-21(8-9-22-17-37(31(41)28(22)29)25-10-11-27(39)36-30(25)40)15-34-32(42)43-24-13-23(14-24)38-26-12-19(6-7-20(26)16-35-38)18-4-2-1-3-5-18/h1-9,12,16,23-25H,10-11,13-15,17H2,(H,34,42)(H,36,39,40). The summed E-state index contributed by atoms with van der Waals surface area (Å²) in [6.45, 7) is -0.0824. The SMILES string of the molecule is O=C1CCC(N2Cc3ccc(CNC(=O)OC4CC(n5ncc6ccc(-c7ccccc7)cc65)C4)c(F)c3C2=O)C(=O)N1. The van der Waals surface area contributed by atoms with Gasteiger partial charge in [-0.2, -0.15) is 5.10 Å². The van der Waals surface area contributed by atoms with E-state index in [1.54, 1.807) is 6.07 Å². The first kappa shape index (κ1) is 26.8. The van der Waals surface area contributed by atoms with Crippen LogP contribution >= 0.6 is 0 Å². The minimum atomic E-state index is -0.828. The number of hydrogen-bond donors (Lipinski definition) is 2. The number of hydrogen-bond acceptors (Lipinski definition) is 6. The lowest BCUT2D eigenvalue weighted by atomic mass is 9.89. The van der Waals surface area contributed by atoms with Gasteiger partial charge in [-0.3, -0.25) is 24.4 Å². The second-order valence-corrected chi connectivity index (χ2v) is 11.2. The molecule has 2 fully saturated rings. The number of rotatable bonds is 6. The largest absolute Gasteiger partial charge is 0.446 e. The summed E-state index contributed by atoms with van der Waals surface area (Å²) in [5, 5.41) is 10.4. The first-order valence-corrected chi connectivity index (χ1v) is 14.3. The number of nitrogens with one attached hydrogen (secondary N) is 2. The normalized spacial score (nSPS) is 21.4. The third-order valence-electron chi connectivity index (χ3n) is 8.53. The van der Waals surface area contributed by atoms with Gasteiger partial charge in [0.15, 0.2) is 0 Å². The van der Waals surface area contributed by atoms with Crippen LogP contribution in [0.2, 0.25) is 0 Å². The molecule has 1 saturated carbocycles. The number of ether oxygens (including phenoxy) is 1. The van der Waals surface area contributed by atoms with Crippen LogP contribution in [0.3, 0.4) is 0 Å². The molecule has 2 aliphatic heterocycles.